The molecule has 11 heteroatoms. The molecule has 2 amide bonds. The van der Waals surface area contributed by atoms with Crippen molar-refractivity contribution in [3.05, 3.63) is 46.2 Å². The minimum atomic E-state index is -0.763. The highest BCUT2D eigenvalue weighted by atomic mass is 35.5. The molecule has 0 saturated carbocycles. The smallest absolute Gasteiger partial charge is 0.283 e. The van der Waals surface area contributed by atoms with Crippen LogP contribution in [0.4, 0.5) is 11.6 Å². The van der Waals surface area contributed by atoms with Crippen LogP contribution in [-0.2, 0) is 6.42 Å². The fourth-order valence-corrected chi connectivity index (χ4v) is 2.40. The van der Waals surface area contributed by atoms with Gasteiger partial charge in [-0.25, -0.2) is 9.97 Å². The van der Waals surface area contributed by atoms with Gasteiger partial charge < -0.3 is 22.9 Å². The summed E-state index contributed by atoms with van der Waals surface area (Å²) < 4.78 is 0. The number of carbonyl (C=O) groups is 2. The quantitative estimate of drug-likeness (QED) is 0.357. The second-order valence-electron chi connectivity index (χ2n) is 5.25. The average Bonchev–Trinajstić information content (AvgIpc) is 2.58. The lowest BCUT2D eigenvalue weighted by Crippen LogP contribution is -2.43. The van der Waals surface area contributed by atoms with Gasteiger partial charge in [0.2, 0.25) is 5.91 Å². The third kappa shape index (κ3) is 3.98. The molecule has 0 aliphatic heterocycles. The minimum Gasteiger partial charge on any atom is -0.382 e. The molecule has 0 bridgehead atoms. The number of nitrogen functional groups attached to an aromatic ring is 2. The molecule has 2 rings (SSSR count). The highest BCUT2D eigenvalue weighted by Gasteiger charge is 2.24. The Balaban J connectivity index is 2.28. The number of hydrogen-bond donors (Lipinski definition) is 5. The van der Waals surface area contributed by atoms with Gasteiger partial charge in [0, 0.05) is 12.1 Å². The minimum absolute atomic E-state index is 0.0123. The molecule has 1 aromatic heterocycles. The second kappa shape index (κ2) is 7.66. The fourth-order valence-electron chi connectivity index (χ4n) is 2.27. The highest BCUT2D eigenvalue weighted by Crippen LogP contribution is 2.19. The summed E-state index contributed by atoms with van der Waals surface area (Å²) in [6.45, 7) is -0.0123. The van der Waals surface area contributed by atoms with Gasteiger partial charge in [-0.05, 0) is 18.1 Å². The van der Waals surface area contributed by atoms with E-state index in [1.807, 2.05) is 0 Å². The molecule has 0 aliphatic carbocycles. The molecule has 1 aromatic carbocycles. The molecule has 10 nitrogen and oxygen atoms in total. The Morgan fingerprint density at radius 3 is 2.38 bits per heavy atom. The number of anilines is 2. The molecule has 0 radical (unpaired) electrons. The van der Waals surface area contributed by atoms with Gasteiger partial charge in [-0.3, -0.25) is 19.9 Å². The second-order valence-corrected chi connectivity index (χ2v) is 5.60. The van der Waals surface area contributed by atoms with Crippen molar-refractivity contribution in [2.75, 3.05) is 18.0 Å². The number of rotatable bonds is 5. The number of nitrogens with zero attached hydrogens (tertiary/aromatic N) is 3. The molecular formula is C15H17ClN8O2. The van der Waals surface area contributed by atoms with E-state index in [1.54, 1.807) is 24.3 Å². The van der Waals surface area contributed by atoms with E-state index in [-0.39, 0.29) is 35.4 Å². The molecule has 0 spiro atoms. The molecule has 0 unspecified atom stereocenters. The van der Waals surface area contributed by atoms with Crippen LogP contribution in [0, 0.1) is 5.41 Å². The van der Waals surface area contributed by atoms with Crippen molar-refractivity contribution in [3.8, 4) is 0 Å². The van der Waals surface area contributed by atoms with Crippen LogP contribution in [0.1, 0.15) is 26.4 Å². The first-order valence-corrected chi connectivity index (χ1v) is 7.72. The summed E-state index contributed by atoms with van der Waals surface area (Å²) in [6.07, 6.45) is 0.223. The van der Waals surface area contributed by atoms with Crippen molar-refractivity contribution in [1.29, 1.82) is 5.41 Å². The van der Waals surface area contributed by atoms with Crippen LogP contribution in [-0.4, -0.2) is 39.2 Å². The first-order valence-electron chi connectivity index (χ1n) is 7.34. The number of amides is 2. The van der Waals surface area contributed by atoms with Gasteiger partial charge in [-0.15, -0.1) is 0 Å². The number of halogens is 1. The summed E-state index contributed by atoms with van der Waals surface area (Å²) in [5, 5.41) is 7.46. The van der Waals surface area contributed by atoms with E-state index in [2.05, 4.69) is 9.97 Å². The lowest BCUT2D eigenvalue weighted by atomic mass is 10.0. The lowest BCUT2D eigenvalue weighted by molar-refractivity contribution is 0.0841. The first kappa shape index (κ1) is 18.9. The molecule has 2 aromatic rings. The van der Waals surface area contributed by atoms with Crippen LogP contribution in [0.25, 0.3) is 0 Å². The monoisotopic (exact) mass is 376 g/mol. The van der Waals surface area contributed by atoms with Gasteiger partial charge >= 0.3 is 0 Å². The maximum atomic E-state index is 12.6. The summed E-state index contributed by atoms with van der Waals surface area (Å²) in [5.41, 5.74) is 22.6. The number of benzene rings is 1. The van der Waals surface area contributed by atoms with Crippen LogP contribution in [0.5, 0.6) is 0 Å². The van der Waals surface area contributed by atoms with Crippen LogP contribution in [0.3, 0.4) is 0 Å². The lowest BCUT2D eigenvalue weighted by Gasteiger charge is -2.21. The Hall–Kier alpha value is -3.40. The molecule has 1 heterocycles. The molecule has 0 aliphatic rings. The third-order valence-corrected chi connectivity index (χ3v) is 3.81. The van der Waals surface area contributed by atoms with Gasteiger partial charge in [0.15, 0.2) is 28.4 Å². The Labute approximate surface area is 153 Å². The Kier molecular flexibility index (Phi) is 5.58. The SMILES string of the molecule is N=C(N)N(CCc1ccccc1C(N)=O)C(=O)c1nc(Cl)c(N)nc1N. The van der Waals surface area contributed by atoms with E-state index >= 15 is 0 Å². The standard InChI is InChI=1S/C15H17ClN8O2/c16-10-12(18)23-11(17)9(22-10)14(26)24(15(20)21)6-5-7-3-1-2-4-8(7)13(19)25/h1-4H,5-6H2,(H2,19,25)(H3,20,21)(H4,17,18,23). The van der Waals surface area contributed by atoms with Crippen LogP contribution in [0.15, 0.2) is 24.3 Å². The topological polar surface area (TPSA) is 191 Å². The molecule has 0 atom stereocenters. The van der Waals surface area contributed by atoms with E-state index in [9.17, 15) is 9.59 Å². The molecule has 136 valence electrons. The van der Waals surface area contributed by atoms with E-state index in [0.717, 1.165) is 4.90 Å². The summed E-state index contributed by atoms with van der Waals surface area (Å²) in [7, 11) is 0. The van der Waals surface area contributed by atoms with Gasteiger partial charge in [-0.2, -0.15) is 0 Å². The molecule has 26 heavy (non-hydrogen) atoms. The van der Waals surface area contributed by atoms with Crippen molar-refractivity contribution in [3.63, 3.8) is 0 Å². The van der Waals surface area contributed by atoms with Crippen molar-refractivity contribution in [1.82, 2.24) is 14.9 Å². The van der Waals surface area contributed by atoms with Crippen molar-refractivity contribution in [2.45, 2.75) is 6.42 Å². The molecule has 9 N–H and O–H groups in total. The van der Waals surface area contributed by atoms with E-state index < -0.39 is 17.8 Å². The average molecular weight is 377 g/mol. The third-order valence-electron chi connectivity index (χ3n) is 3.53. The summed E-state index contributed by atoms with van der Waals surface area (Å²) in [6, 6.07) is 6.66. The Morgan fingerprint density at radius 1 is 1.12 bits per heavy atom. The first-order chi connectivity index (χ1) is 12.2. The van der Waals surface area contributed by atoms with Gasteiger partial charge in [0.05, 0.1) is 0 Å². The van der Waals surface area contributed by atoms with Gasteiger partial charge in [0.25, 0.3) is 5.91 Å². The number of guanidine groups is 1. The predicted molar refractivity (Wildman–Crippen MR) is 97.5 cm³/mol. The van der Waals surface area contributed by atoms with Crippen molar-refractivity contribution >= 4 is 41.0 Å². The Bertz CT molecular complexity index is 886. The molecule has 0 saturated heterocycles. The van der Waals surface area contributed by atoms with Crippen LogP contribution < -0.4 is 22.9 Å². The number of primary amides is 1. The zero-order valence-electron chi connectivity index (χ0n) is 13.6. The predicted octanol–water partition coefficient (Wildman–Crippen LogP) is -0.0283. The zero-order valence-corrected chi connectivity index (χ0v) is 14.3. The van der Waals surface area contributed by atoms with Crippen LogP contribution >= 0.6 is 11.6 Å². The number of carbonyl (C=O) groups excluding carboxylic acids is 2. The number of nitrogens with two attached hydrogens (primary N) is 4. The van der Waals surface area contributed by atoms with Crippen molar-refractivity contribution in [2.24, 2.45) is 11.5 Å². The highest BCUT2D eigenvalue weighted by molar-refractivity contribution is 6.31. The zero-order chi connectivity index (χ0) is 19.4. The maximum absolute atomic E-state index is 12.6. The summed E-state index contributed by atoms with van der Waals surface area (Å²) in [5.74, 6) is -2.24. The summed E-state index contributed by atoms with van der Waals surface area (Å²) >= 11 is 5.78. The van der Waals surface area contributed by atoms with Crippen molar-refractivity contribution < 1.29 is 9.59 Å². The van der Waals surface area contributed by atoms with Gasteiger partial charge in [0.1, 0.15) is 0 Å². The maximum Gasteiger partial charge on any atom is 0.283 e. The summed E-state index contributed by atoms with van der Waals surface area (Å²) in [4.78, 5) is 32.6. The molecular weight excluding hydrogens is 360 g/mol. The normalized spacial score (nSPS) is 10.3. The van der Waals surface area contributed by atoms with E-state index in [4.69, 9.17) is 39.9 Å². The Morgan fingerprint density at radius 2 is 1.77 bits per heavy atom. The fraction of sp³-hybridized carbons (Fsp3) is 0.133. The van der Waals surface area contributed by atoms with E-state index in [1.165, 1.54) is 0 Å². The largest absolute Gasteiger partial charge is 0.382 e. The van der Waals surface area contributed by atoms with E-state index in [0.29, 0.717) is 11.1 Å². The number of hydrogen-bond acceptors (Lipinski definition) is 7. The number of nitrogens with one attached hydrogen (secondary N) is 1. The van der Waals surface area contributed by atoms with Crippen LogP contribution in [0.2, 0.25) is 5.15 Å². The molecule has 0 fully saturated rings. The number of aromatic nitrogens is 2. The van der Waals surface area contributed by atoms with Gasteiger partial charge in [-0.1, -0.05) is 29.8 Å².